The molecule has 0 N–H and O–H groups in total. The highest BCUT2D eigenvalue weighted by Crippen LogP contribution is 2.32. The standard InChI is InChI=1S/C19H13NO/c1-2-8-14(9-3-1)21-19-17-12-5-4-10-15(17)16-11-6-7-13-18(16)20-19/h1-13H. The van der Waals surface area contributed by atoms with Crippen LogP contribution < -0.4 is 4.74 Å². The molecule has 4 aromatic rings. The highest BCUT2D eigenvalue weighted by atomic mass is 16.5. The Morgan fingerprint density at radius 1 is 0.571 bits per heavy atom. The monoisotopic (exact) mass is 271 g/mol. The molecule has 0 atom stereocenters. The largest absolute Gasteiger partial charge is 0.438 e. The SMILES string of the molecule is c1ccc(Oc2nc3ccccc3c3ccccc23)cc1. The van der Waals surface area contributed by atoms with E-state index in [1.54, 1.807) is 0 Å². The summed E-state index contributed by atoms with van der Waals surface area (Å²) < 4.78 is 5.99. The minimum absolute atomic E-state index is 0.649. The van der Waals surface area contributed by atoms with Gasteiger partial charge in [-0.25, -0.2) is 4.98 Å². The van der Waals surface area contributed by atoms with Gasteiger partial charge in [0, 0.05) is 10.8 Å². The molecule has 0 saturated carbocycles. The van der Waals surface area contributed by atoms with Gasteiger partial charge in [-0.2, -0.15) is 0 Å². The van der Waals surface area contributed by atoms with Crippen LogP contribution in [0.25, 0.3) is 21.7 Å². The lowest BCUT2D eigenvalue weighted by Crippen LogP contribution is -1.91. The second-order valence-electron chi connectivity index (χ2n) is 4.89. The first-order chi connectivity index (χ1) is 10.4. The van der Waals surface area contributed by atoms with E-state index in [9.17, 15) is 0 Å². The fourth-order valence-corrected chi connectivity index (χ4v) is 2.55. The van der Waals surface area contributed by atoms with Gasteiger partial charge in [-0.15, -0.1) is 0 Å². The Morgan fingerprint density at radius 2 is 1.19 bits per heavy atom. The quantitative estimate of drug-likeness (QED) is 0.469. The van der Waals surface area contributed by atoms with Crippen molar-refractivity contribution >= 4 is 21.7 Å². The van der Waals surface area contributed by atoms with Gasteiger partial charge in [0.05, 0.1) is 5.52 Å². The smallest absolute Gasteiger partial charge is 0.227 e. The minimum Gasteiger partial charge on any atom is -0.438 e. The molecule has 0 saturated heterocycles. The van der Waals surface area contributed by atoms with E-state index in [1.807, 2.05) is 66.7 Å². The van der Waals surface area contributed by atoms with Crippen LogP contribution in [0, 0.1) is 0 Å². The van der Waals surface area contributed by atoms with Gasteiger partial charge in [0.2, 0.25) is 5.88 Å². The zero-order valence-corrected chi connectivity index (χ0v) is 11.4. The lowest BCUT2D eigenvalue weighted by molar-refractivity contribution is 0.471. The van der Waals surface area contributed by atoms with E-state index >= 15 is 0 Å². The summed E-state index contributed by atoms with van der Waals surface area (Å²) in [6.45, 7) is 0. The van der Waals surface area contributed by atoms with Crippen molar-refractivity contribution in [3.63, 3.8) is 0 Å². The summed E-state index contributed by atoms with van der Waals surface area (Å²) in [7, 11) is 0. The molecule has 21 heavy (non-hydrogen) atoms. The number of hydrogen-bond donors (Lipinski definition) is 0. The summed E-state index contributed by atoms with van der Waals surface area (Å²) in [4.78, 5) is 4.68. The normalized spacial score (nSPS) is 10.9. The van der Waals surface area contributed by atoms with Crippen molar-refractivity contribution < 1.29 is 4.74 Å². The summed E-state index contributed by atoms with van der Waals surface area (Å²) in [6.07, 6.45) is 0. The highest BCUT2D eigenvalue weighted by molar-refractivity contribution is 6.07. The molecular weight excluding hydrogens is 258 g/mol. The molecule has 0 spiro atoms. The van der Waals surface area contributed by atoms with Crippen molar-refractivity contribution in [1.82, 2.24) is 4.98 Å². The molecule has 0 bridgehead atoms. The summed E-state index contributed by atoms with van der Waals surface area (Å²) >= 11 is 0. The van der Waals surface area contributed by atoms with Crippen molar-refractivity contribution in [3.05, 3.63) is 78.9 Å². The minimum atomic E-state index is 0.649. The molecule has 3 aromatic carbocycles. The van der Waals surface area contributed by atoms with Gasteiger partial charge < -0.3 is 4.74 Å². The molecule has 4 rings (SSSR count). The van der Waals surface area contributed by atoms with Crippen molar-refractivity contribution in [3.8, 4) is 11.6 Å². The van der Waals surface area contributed by atoms with Crippen LogP contribution in [0.2, 0.25) is 0 Å². The lowest BCUT2D eigenvalue weighted by Gasteiger charge is -2.10. The predicted molar refractivity (Wildman–Crippen MR) is 85.8 cm³/mol. The topological polar surface area (TPSA) is 22.1 Å². The molecule has 100 valence electrons. The Balaban J connectivity index is 1.98. The van der Waals surface area contributed by atoms with Gasteiger partial charge in [-0.3, -0.25) is 0 Å². The van der Waals surface area contributed by atoms with Crippen LogP contribution in [-0.4, -0.2) is 4.98 Å². The predicted octanol–water partition coefficient (Wildman–Crippen LogP) is 5.18. The molecule has 0 aliphatic rings. The van der Waals surface area contributed by atoms with Gasteiger partial charge in [-0.05, 0) is 29.7 Å². The average molecular weight is 271 g/mol. The molecule has 0 aliphatic heterocycles. The Hall–Kier alpha value is -2.87. The summed E-state index contributed by atoms with van der Waals surface area (Å²) in [5.74, 6) is 1.45. The van der Waals surface area contributed by atoms with Crippen molar-refractivity contribution in [2.24, 2.45) is 0 Å². The Kier molecular flexibility index (Phi) is 2.79. The average Bonchev–Trinajstić information content (AvgIpc) is 2.56. The van der Waals surface area contributed by atoms with E-state index < -0.39 is 0 Å². The van der Waals surface area contributed by atoms with Crippen LogP contribution >= 0.6 is 0 Å². The molecule has 0 amide bonds. The van der Waals surface area contributed by atoms with Gasteiger partial charge in [-0.1, -0.05) is 54.6 Å². The maximum atomic E-state index is 5.99. The summed E-state index contributed by atoms with van der Waals surface area (Å²) in [5.41, 5.74) is 0.946. The number of hydrogen-bond acceptors (Lipinski definition) is 2. The van der Waals surface area contributed by atoms with Gasteiger partial charge >= 0.3 is 0 Å². The van der Waals surface area contributed by atoms with Crippen LogP contribution in [0.1, 0.15) is 0 Å². The van der Waals surface area contributed by atoms with E-state index in [0.717, 1.165) is 27.4 Å². The highest BCUT2D eigenvalue weighted by Gasteiger charge is 2.09. The molecule has 0 fully saturated rings. The Labute approximate surface area is 122 Å². The maximum Gasteiger partial charge on any atom is 0.227 e. The number of aromatic nitrogens is 1. The third-order valence-electron chi connectivity index (χ3n) is 3.53. The molecule has 0 aliphatic carbocycles. The number of ether oxygens (including phenoxy) is 1. The summed E-state index contributed by atoms with van der Waals surface area (Å²) in [6, 6.07) is 26.1. The Morgan fingerprint density at radius 3 is 2.00 bits per heavy atom. The molecule has 2 heteroatoms. The molecule has 1 heterocycles. The fourth-order valence-electron chi connectivity index (χ4n) is 2.55. The first-order valence-electron chi connectivity index (χ1n) is 6.92. The maximum absolute atomic E-state index is 5.99. The number of pyridine rings is 1. The van der Waals surface area contributed by atoms with Crippen LogP contribution in [0.5, 0.6) is 11.6 Å². The molecular formula is C19H13NO. The zero-order valence-electron chi connectivity index (χ0n) is 11.4. The van der Waals surface area contributed by atoms with Crippen molar-refractivity contribution in [2.75, 3.05) is 0 Å². The molecule has 0 radical (unpaired) electrons. The molecule has 1 aromatic heterocycles. The first kappa shape index (κ1) is 11.9. The Bertz CT molecular complexity index is 916. The van der Waals surface area contributed by atoms with E-state index in [2.05, 4.69) is 17.1 Å². The van der Waals surface area contributed by atoms with Crippen molar-refractivity contribution in [2.45, 2.75) is 0 Å². The number of nitrogens with zero attached hydrogens (tertiary/aromatic N) is 1. The number of benzene rings is 3. The fraction of sp³-hybridized carbons (Fsp3) is 0. The van der Waals surface area contributed by atoms with Crippen LogP contribution in [0.3, 0.4) is 0 Å². The van der Waals surface area contributed by atoms with Crippen molar-refractivity contribution in [1.29, 1.82) is 0 Å². The second kappa shape index (κ2) is 4.91. The van der Waals surface area contributed by atoms with Gasteiger partial charge in [0.15, 0.2) is 0 Å². The number of fused-ring (bicyclic) bond motifs is 3. The molecule has 2 nitrogen and oxygen atoms in total. The van der Waals surface area contributed by atoms with Gasteiger partial charge in [0.1, 0.15) is 5.75 Å². The van der Waals surface area contributed by atoms with E-state index in [4.69, 9.17) is 4.74 Å². The lowest BCUT2D eigenvalue weighted by atomic mass is 10.1. The number of rotatable bonds is 2. The summed E-state index contributed by atoms with van der Waals surface area (Å²) in [5, 5.41) is 3.34. The van der Waals surface area contributed by atoms with Gasteiger partial charge in [0.25, 0.3) is 0 Å². The third kappa shape index (κ3) is 2.11. The zero-order chi connectivity index (χ0) is 14.1. The second-order valence-corrected chi connectivity index (χ2v) is 4.89. The number of para-hydroxylation sites is 2. The van der Waals surface area contributed by atoms with Crippen LogP contribution in [0.4, 0.5) is 0 Å². The third-order valence-corrected chi connectivity index (χ3v) is 3.53. The van der Waals surface area contributed by atoms with Crippen LogP contribution in [0.15, 0.2) is 78.9 Å². The first-order valence-corrected chi connectivity index (χ1v) is 6.92. The molecule has 0 unspecified atom stereocenters. The van der Waals surface area contributed by atoms with Crippen LogP contribution in [-0.2, 0) is 0 Å². The van der Waals surface area contributed by atoms with E-state index in [-0.39, 0.29) is 0 Å². The van der Waals surface area contributed by atoms with E-state index in [1.165, 1.54) is 0 Å². The van der Waals surface area contributed by atoms with E-state index in [0.29, 0.717) is 5.88 Å².